The summed E-state index contributed by atoms with van der Waals surface area (Å²) in [7, 11) is 0. The Balaban J connectivity index is 1.90. The highest BCUT2D eigenvalue weighted by atomic mass is 19.2. The van der Waals surface area contributed by atoms with E-state index in [1.54, 1.807) is 0 Å². The molecule has 1 aromatic carbocycles. The second-order valence-corrected chi connectivity index (χ2v) is 5.77. The first-order valence-corrected chi connectivity index (χ1v) is 6.82. The summed E-state index contributed by atoms with van der Waals surface area (Å²) in [5.74, 6) is -2.47. The zero-order valence-electron chi connectivity index (χ0n) is 10.9. The van der Waals surface area contributed by atoms with Gasteiger partial charge in [0.2, 0.25) is 0 Å². The molecule has 1 aliphatic carbocycles. The van der Waals surface area contributed by atoms with Gasteiger partial charge in [-0.25, -0.2) is 8.78 Å². The number of carbonyl (C=O) groups is 1. The van der Waals surface area contributed by atoms with Crippen molar-refractivity contribution in [3.63, 3.8) is 0 Å². The van der Waals surface area contributed by atoms with Crippen molar-refractivity contribution in [2.75, 3.05) is 6.61 Å². The monoisotopic (exact) mass is 282 g/mol. The molecule has 1 aromatic rings. The van der Waals surface area contributed by atoms with Crippen molar-refractivity contribution < 1.29 is 23.4 Å². The molecule has 5 heteroatoms. The summed E-state index contributed by atoms with van der Waals surface area (Å²) < 4.78 is 31.9. The normalized spacial score (nSPS) is 29.6. The predicted octanol–water partition coefficient (Wildman–Crippen LogP) is 2.78. The van der Waals surface area contributed by atoms with Crippen LogP contribution in [-0.2, 0) is 16.0 Å². The molecule has 3 rings (SSSR count). The second kappa shape index (κ2) is 4.81. The van der Waals surface area contributed by atoms with Crippen LogP contribution in [0.2, 0.25) is 0 Å². The fraction of sp³-hybridized carbons (Fsp3) is 0.533. The van der Waals surface area contributed by atoms with E-state index in [0.717, 1.165) is 25.0 Å². The third kappa shape index (κ3) is 2.20. The number of hydrogen-bond donors (Lipinski definition) is 1. The molecule has 0 bridgehead atoms. The minimum absolute atomic E-state index is 0.181. The molecular weight excluding hydrogens is 266 g/mol. The molecule has 1 saturated carbocycles. The number of halogens is 2. The molecular formula is C15H16F2O3. The maximum Gasteiger partial charge on any atom is 0.312 e. The summed E-state index contributed by atoms with van der Waals surface area (Å²) in [6.45, 7) is 0.414. The fourth-order valence-corrected chi connectivity index (χ4v) is 3.16. The number of ether oxygens (including phenoxy) is 1. The van der Waals surface area contributed by atoms with Gasteiger partial charge in [0.25, 0.3) is 0 Å². The van der Waals surface area contributed by atoms with Gasteiger partial charge in [-0.1, -0.05) is 6.07 Å². The van der Waals surface area contributed by atoms with Crippen molar-refractivity contribution in [3.05, 3.63) is 35.4 Å². The molecule has 1 saturated heterocycles. The van der Waals surface area contributed by atoms with E-state index < -0.39 is 23.0 Å². The van der Waals surface area contributed by atoms with Gasteiger partial charge in [0.15, 0.2) is 11.6 Å². The van der Waals surface area contributed by atoms with E-state index in [1.165, 1.54) is 6.07 Å². The molecule has 1 aliphatic heterocycles. The lowest BCUT2D eigenvalue weighted by Gasteiger charge is -2.30. The Labute approximate surface area is 115 Å². The van der Waals surface area contributed by atoms with Crippen LogP contribution >= 0.6 is 0 Å². The molecule has 2 unspecified atom stereocenters. The quantitative estimate of drug-likeness (QED) is 0.923. The van der Waals surface area contributed by atoms with Crippen molar-refractivity contribution in [1.82, 2.24) is 0 Å². The van der Waals surface area contributed by atoms with Gasteiger partial charge in [0, 0.05) is 6.61 Å². The Kier molecular flexibility index (Phi) is 3.24. The third-order valence-corrected chi connectivity index (χ3v) is 4.37. The highest BCUT2D eigenvalue weighted by Crippen LogP contribution is 2.49. The minimum Gasteiger partial charge on any atom is -0.481 e. The summed E-state index contributed by atoms with van der Waals surface area (Å²) in [6.07, 6.45) is 2.26. The molecule has 1 N–H and O–H groups in total. The lowest BCUT2D eigenvalue weighted by atomic mass is 9.74. The van der Waals surface area contributed by atoms with E-state index >= 15 is 0 Å². The van der Waals surface area contributed by atoms with Crippen LogP contribution in [0.4, 0.5) is 8.78 Å². The topological polar surface area (TPSA) is 46.5 Å². The zero-order chi connectivity index (χ0) is 14.3. The van der Waals surface area contributed by atoms with Crippen LogP contribution in [-0.4, -0.2) is 23.8 Å². The van der Waals surface area contributed by atoms with Crippen LogP contribution in [0, 0.1) is 23.0 Å². The van der Waals surface area contributed by atoms with E-state index in [2.05, 4.69) is 0 Å². The first-order chi connectivity index (χ1) is 9.53. The Morgan fingerprint density at radius 2 is 2.10 bits per heavy atom. The molecule has 3 nitrogen and oxygen atoms in total. The van der Waals surface area contributed by atoms with E-state index in [1.807, 2.05) is 0 Å². The van der Waals surface area contributed by atoms with Crippen molar-refractivity contribution in [3.8, 4) is 0 Å². The van der Waals surface area contributed by atoms with Gasteiger partial charge in [-0.15, -0.1) is 0 Å². The van der Waals surface area contributed by atoms with Crippen molar-refractivity contribution in [2.45, 2.75) is 31.8 Å². The van der Waals surface area contributed by atoms with Crippen LogP contribution in [0.1, 0.15) is 24.8 Å². The molecule has 1 heterocycles. The number of carboxylic acids is 1. The number of hydrogen-bond acceptors (Lipinski definition) is 2. The molecule has 20 heavy (non-hydrogen) atoms. The summed E-state index contributed by atoms with van der Waals surface area (Å²) in [6, 6.07) is 3.58. The second-order valence-electron chi connectivity index (χ2n) is 5.77. The molecule has 0 radical (unpaired) electrons. The van der Waals surface area contributed by atoms with E-state index in [4.69, 9.17) is 4.74 Å². The minimum atomic E-state index is -1.01. The zero-order valence-corrected chi connectivity index (χ0v) is 10.9. The first-order valence-electron chi connectivity index (χ1n) is 6.82. The van der Waals surface area contributed by atoms with Crippen molar-refractivity contribution in [1.29, 1.82) is 0 Å². The highest BCUT2D eigenvalue weighted by Gasteiger charge is 2.55. The summed E-state index contributed by atoms with van der Waals surface area (Å²) in [5.41, 5.74) is -0.506. The van der Waals surface area contributed by atoms with Crippen LogP contribution in [0.3, 0.4) is 0 Å². The largest absolute Gasteiger partial charge is 0.481 e. The maximum absolute atomic E-state index is 13.3. The average molecular weight is 282 g/mol. The van der Waals surface area contributed by atoms with Gasteiger partial charge in [0.1, 0.15) is 5.41 Å². The molecule has 0 spiro atoms. The smallest absolute Gasteiger partial charge is 0.312 e. The van der Waals surface area contributed by atoms with E-state index in [9.17, 15) is 18.7 Å². The number of benzene rings is 1. The van der Waals surface area contributed by atoms with Crippen molar-refractivity contribution >= 4 is 5.97 Å². The third-order valence-electron chi connectivity index (χ3n) is 4.37. The standard InChI is InChI=1S/C15H16F2O3/c16-11-4-1-9(7-12(11)17)8-15(14(18)19)5-6-20-13(15)10-2-3-10/h1,4,7,10,13H,2-3,5-6,8H2,(H,18,19). The van der Waals surface area contributed by atoms with Gasteiger partial charge in [-0.2, -0.15) is 0 Å². The lowest BCUT2D eigenvalue weighted by molar-refractivity contribution is -0.153. The van der Waals surface area contributed by atoms with E-state index in [0.29, 0.717) is 24.5 Å². The predicted molar refractivity (Wildman–Crippen MR) is 67.2 cm³/mol. The number of carboxylic acid groups (broad SMARTS) is 1. The van der Waals surface area contributed by atoms with Gasteiger partial charge in [0.05, 0.1) is 6.10 Å². The van der Waals surface area contributed by atoms with Gasteiger partial charge in [-0.3, -0.25) is 4.79 Å². The Bertz CT molecular complexity index is 542. The van der Waals surface area contributed by atoms with Gasteiger partial charge >= 0.3 is 5.97 Å². The van der Waals surface area contributed by atoms with Crippen LogP contribution < -0.4 is 0 Å². The van der Waals surface area contributed by atoms with Crippen molar-refractivity contribution in [2.24, 2.45) is 11.3 Å². The summed E-state index contributed by atoms with van der Waals surface area (Å²) in [4.78, 5) is 11.8. The van der Waals surface area contributed by atoms with Crippen LogP contribution in [0.5, 0.6) is 0 Å². The molecule has 2 fully saturated rings. The molecule has 0 aromatic heterocycles. The Morgan fingerprint density at radius 3 is 2.70 bits per heavy atom. The SMILES string of the molecule is O=C(O)C1(Cc2ccc(F)c(F)c2)CCOC1C1CC1. The van der Waals surface area contributed by atoms with Gasteiger partial charge < -0.3 is 9.84 Å². The van der Waals surface area contributed by atoms with E-state index in [-0.39, 0.29) is 12.5 Å². The fourth-order valence-electron chi connectivity index (χ4n) is 3.16. The molecule has 2 aliphatic rings. The number of rotatable bonds is 4. The summed E-state index contributed by atoms with van der Waals surface area (Å²) >= 11 is 0. The highest BCUT2D eigenvalue weighted by molar-refractivity contribution is 5.76. The first kappa shape index (κ1) is 13.5. The van der Waals surface area contributed by atoms with Gasteiger partial charge in [-0.05, 0) is 49.3 Å². The maximum atomic E-state index is 13.3. The lowest BCUT2D eigenvalue weighted by Crippen LogP contribution is -2.42. The average Bonchev–Trinajstić information content (AvgIpc) is 3.15. The number of aliphatic carboxylic acids is 1. The Morgan fingerprint density at radius 1 is 1.35 bits per heavy atom. The Hall–Kier alpha value is -1.49. The van der Waals surface area contributed by atoms with Crippen LogP contribution in [0.25, 0.3) is 0 Å². The summed E-state index contributed by atoms with van der Waals surface area (Å²) in [5, 5.41) is 9.65. The molecule has 108 valence electrons. The molecule has 2 atom stereocenters. The molecule has 0 amide bonds. The van der Waals surface area contributed by atoms with Crippen LogP contribution in [0.15, 0.2) is 18.2 Å².